The fraction of sp³-hybridized carbons (Fsp3) is 0.636. The Morgan fingerprint density at radius 3 is 2.35 bits per heavy atom. The van der Waals surface area contributed by atoms with E-state index in [-0.39, 0.29) is 6.61 Å². The summed E-state index contributed by atoms with van der Waals surface area (Å²) in [6.45, 7) is 8.62. The van der Waals surface area contributed by atoms with Crippen LogP contribution in [0.25, 0.3) is 0 Å². The maximum atomic E-state index is 12.4. The Balaban J connectivity index is 1.90. The fourth-order valence-corrected chi connectivity index (χ4v) is 3.70. The van der Waals surface area contributed by atoms with Gasteiger partial charge in [-0.2, -0.15) is 0 Å². The maximum Gasteiger partial charge on any atom is 0.339 e. The molecule has 6 atom stereocenters. The highest BCUT2D eigenvalue weighted by molar-refractivity contribution is 5.76. The summed E-state index contributed by atoms with van der Waals surface area (Å²) in [5.41, 5.74) is 0.314. The van der Waals surface area contributed by atoms with Crippen LogP contribution in [0.4, 0.5) is 0 Å². The van der Waals surface area contributed by atoms with Crippen molar-refractivity contribution in [3.8, 4) is 0 Å². The molecular formula is C22H30O9. The normalized spacial score (nSPS) is 32.9. The van der Waals surface area contributed by atoms with Crippen LogP contribution in [0.15, 0.2) is 30.3 Å². The van der Waals surface area contributed by atoms with E-state index in [2.05, 4.69) is 0 Å². The summed E-state index contributed by atoms with van der Waals surface area (Å²) in [5.74, 6) is -2.76. The first-order valence-electron chi connectivity index (χ1n) is 10.1. The van der Waals surface area contributed by atoms with E-state index in [0.29, 0.717) is 0 Å². The van der Waals surface area contributed by atoms with Crippen molar-refractivity contribution in [2.24, 2.45) is 0 Å². The molecule has 0 bridgehead atoms. The molecule has 2 fully saturated rings. The molecule has 0 saturated carbocycles. The molecule has 2 saturated heterocycles. The van der Waals surface area contributed by atoms with Crippen molar-refractivity contribution >= 4 is 11.9 Å². The molecule has 0 spiro atoms. The van der Waals surface area contributed by atoms with Crippen molar-refractivity contribution in [3.63, 3.8) is 0 Å². The van der Waals surface area contributed by atoms with E-state index < -0.39 is 54.2 Å². The third-order valence-corrected chi connectivity index (χ3v) is 4.69. The Bertz CT molecular complexity index is 775. The minimum absolute atomic E-state index is 0.195. The number of fused-ring (bicyclic) bond motifs is 1. The van der Waals surface area contributed by atoms with Gasteiger partial charge in [0.05, 0.1) is 19.3 Å². The Morgan fingerprint density at radius 2 is 1.77 bits per heavy atom. The molecule has 9 nitrogen and oxygen atoms in total. The van der Waals surface area contributed by atoms with Crippen LogP contribution in [0.5, 0.6) is 0 Å². The fourth-order valence-electron chi connectivity index (χ4n) is 3.70. The van der Waals surface area contributed by atoms with E-state index in [1.54, 1.807) is 6.92 Å². The molecule has 0 N–H and O–H groups in total. The lowest BCUT2D eigenvalue weighted by Gasteiger charge is -2.40. The van der Waals surface area contributed by atoms with Crippen LogP contribution in [-0.4, -0.2) is 61.3 Å². The molecular weight excluding hydrogens is 408 g/mol. The summed E-state index contributed by atoms with van der Waals surface area (Å²) in [7, 11) is 1.22. The van der Waals surface area contributed by atoms with E-state index in [4.69, 9.17) is 33.2 Å². The second-order valence-corrected chi connectivity index (χ2v) is 8.56. The van der Waals surface area contributed by atoms with Crippen LogP contribution >= 0.6 is 0 Å². The molecule has 2 heterocycles. The van der Waals surface area contributed by atoms with E-state index in [0.717, 1.165) is 5.56 Å². The molecule has 172 valence electrons. The van der Waals surface area contributed by atoms with Crippen LogP contribution in [0.1, 0.15) is 40.2 Å². The van der Waals surface area contributed by atoms with Gasteiger partial charge in [-0.05, 0) is 26.3 Å². The maximum absolute atomic E-state index is 12.4. The van der Waals surface area contributed by atoms with Crippen molar-refractivity contribution in [2.75, 3.05) is 7.11 Å². The van der Waals surface area contributed by atoms with Gasteiger partial charge in [0, 0.05) is 13.8 Å². The van der Waals surface area contributed by atoms with Gasteiger partial charge < -0.3 is 28.4 Å². The lowest BCUT2D eigenvalue weighted by atomic mass is 9.98. The second-order valence-electron chi connectivity index (χ2n) is 8.56. The van der Waals surface area contributed by atoms with E-state index >= 15 is 0 Å². The minimum atomic E-state index is -1.45. The first-order chi connectivity index (χ1) is 14.5. The SMILES string of the molecule is COC(=O)[C@@H]1O[C@@H]2OC(C)(OC(C)(C)C)O[C@@H]2[C@@H](OCc2ccccc2)[C@@H]1OC(C)=O. The number of methoxy groups -OCH3 is 1. The van der Waals surface area contributed by atoms with Crippen molar-refractivity contribution in [1.29, 1.82) is 0 Å². The molecule has 0 radical (unpaired) electrons. The average Bonchev–Trinajstić information content (AvgIpc) is 3.00. The zero-order valence-corrected chi connectivity index (χ0v) is 18.7. The largest absolute Gasteiger partial charge is 0.467 e. The number of esters is 2. The van der Waals surface area contributed by atoms with Crippen molar-refractivity contribution in [2.45, 2.75) is 83.5 Å². The van der Waals surface area contributed by atoms with Crippen molar-refractivity contribution in [3.05, 3.63) is 35.9 Å². The van der Waals surface area contributed by atoms with Gasteiger partial charge >= 0.3 is 11.9 Å². The zero-order chi connectivity index (χ0) is 22.8. The number of carbonyl (C=O) groups excluding carboxylic acids is 2. The predicted molar refractivity (Wildman–Crippen MR) is 106 cm³/mol. The van der Waals surface area contributed by atoms with Gasteiger partial charge in [-0.15, -0.1) is 0 Å². The van der Waals surface area contributed by atoms with Crippen molar-refractivity contribution in [1.82, 2.24) is 0 Å². The number of hydrogen-bond acceptors (Lipinski definition) is 9. The lowest BCUT2D eigenvalue weighted by molar-refractivity contribution is -0.371. The topological polar surface area (TPSA) is 98.8 Å². The van der Waals surface area contributed by atoms with Gasteiger partial charge in [0.2, 0.25) is 0 Å². The zero-order valence-electron chi connectivity index (χ0n) is 18.7. The molecule has 0 aliphatic carbocycles. The van der Waals surface area contributed by atoms with E-state index in [1.165, 1.54) is 14.0 Å². The summed E-state index contributed by atoms with van der Waals surface area (Å²) in [6, 6.07) is 9.46. The monoisotopic (exact) mass is 438 g/mol. The van der Waals surface area contributed by atoms with Crippen molar-refractivity contribution < 1.29 is 42.7 Å². The predicted octanol–water partition coefficient (Wildman–Crippen LogP) is 2.31. The highest BCUT2D eigenvalue weighted by atomic mass is 16.9. The van der Waals surface area contributed by atoms with E-state index in [1.807, 2.05) is 51.1 Å². The number of hydrogen-bond donors (Lipinski definition) is 0. The summed E-state index contributed by atoms with van der Waals surface area (Å²) in [6.07, 6.45) is -5.05. The molecule has 31 heavy (non-hydrogen) atoms. The summed E-state index contributed by atoms with van der Waals surface area (Å²) in [5, 5.41) is 0. The Labute approximate surface area is 181 Å². The van der Waals surface area contributed by atoms with Crippen LogP contribution in [0.3, 0.4) is 0 Å². The molecule has 1 unspecified atom stereocenters. The minimum Gasteiger partial charge on any atom is -0.467 e. The Morgan fingerprint density at radius 1 is 1.10 bits per heavy atom. The van der Waals surface area contributed by atoms with Gasteiger partial charge in [0.1, 0.15) is 12.2 Å². The molecule has 3 rings (SSSR count). The van der Waals surface area contributed by atoms with Crippen LogP contribution in [-0.2, 0) is 49.4 Å². The molecule has 2 aliphatic heterocycles. The first kappa shape index (κ1) is 23.6. The molecule has 0 aromatic heterocycles. The average molecular weight is 438 g/mol. The third kappa shape index (κ3) is 5.81. The highest BCUT2D eigenvalue weighted by Gasteiger charge is 2.60. The molecule has 2 aliphatic rings. The number of benzene rings is 1. The highest BCUT2D eigenvalue weighted by Crippen LogP contribution is 2.41. The summed E-state index contributed by atoms with van der Waals surface area (Å²) >= 11 is 0. The van der Waals surface area contributed by atoms with Crippen LogP contribution in [0, 0.1) is 0 Å². The molecule has 0 amide bonds. The first-order valence-corrected chi connectivity index (χ1v) is 10.1. The number of carbonyl (C=O) groups is 2. The number of ether oxygens (including phenoxy) is 7. The van der Waals surface area contributed by atoms with Crippen LogP contribution in [0.2, 0.25) is 0 Å². The van der Waals surface area contributed by atoms with Gasteiger partial charge in [0.15, 0.2) is 18.5 Å². The Hall–Kier alpha value is -2.04. The van der Waals surface area contributed by atoms with Gasteiger partial charge in [-0.1, -0.05) is 30.3 Å². The third-order valence-electron chi connectivity index (χ3n) is 4.69. The summed E-state index contributed by atoms with van der Waals surface area (Å²) < 4.78 is 40.1. The molecule has 9 heteroatoms. The smallest absolute Gasteiger partial charge is 0.339 e. The van der Waals surface area contributed by atoms with E-state index in [9.17, 15) is 9.59 Å². The van der Waals surface area contributed by atoms with Gasteiger partial charge in [-0.3, -0.25) is 9.53 Å². The Kier molecular flexibility index (Phi) is 7.02. The number of rotatable bonds is 6. The second kappa shape index (κ2) is 9.22. The summed E-state index contributed by atoms with van der Waals surface area (Å²) in [4.78, 5) is 24.2. The van der Waals surface area contributed by atoms with Gasteiger partial charge in [-0.25, -0.2) is 4.79 Å². The molecule has 1 aromatic carbocycles. The lowest BCUT2D eigenvalue weighted by Crippen LogP contribution is -2.61. The molecule has 1 aromatic rings. The van der Waals surface area contributed by atoms with Gasteiger partial charge in [0.25, 0.3) is 5.97 Å². The van der Waals surface area contributed by atoms with Crippen LogP contribution < -0.4 is 0 Å². The standard InChI is InChI=1S/C22H30O9/c1-13(23)27-16-15(26-12-14-10-8-7-9-11-14)18-20(28-17(16)19(24)25-6)30-22(5,29-18)31-21(2,3)4/h7-11,15-18,20H,12H2,1-6H3/t15-,16-,17+,18+,20+,22?/m0/s1. The quantitative estimate of drug-likeness (QED) is 0.620.